The van der Waals surface area contributed by atoms with Crippen LogP contribution in [0.2, 0.25) is 0 Å². The summed E-state index contributed by atoms with van der Waals surface area (Å²) in [5.74, 6) is -0.460. The Morgan fingerprint density at radius 2 is 2.38 bits per heavy atom. The number of nitrogens with two attached hydrogens (primary N) is 1. The summed E-state index contributed by atoms with van der Waals surface area (Å²) >= 11 is 0. The molecule has 0 saturated carbocycles. The maximum absolute atomic E-state index is 11.0. The zero-order chi connectivity index (χ0) is 9.84. The molecule has 0 aromatic heterocycles. The van der Waals surface area contributed by atoms with Gasteiger partial charge in [-0.05, 0) is 25.3 Å². The molecule has 0 aromatic carbocycles. The van der Waals surface area contributed by atoms with E-state index in [0.29, 0.717) is 13.1 Å². The molecular weight excluding hydrogens is 168 g/mol. The highest BCUT2D eigenvalue weighted by Gasteiger charge is 2.33. The Morgan fingerprint density at radius 3 is 2.92 bits per heavy atom. The summed E-state index contributed by atoms with van der Waals surface area (Å²) in [5.41, 5.74) is 5.43. The molecule has 2 atom stereocenters. The summed E-state index contributed by atoms with van der Waals surface area (Å²) < 4.78 is 0. The van der Waals surface area contributed by atoms with Gasteiger partial charge in [0, 0.05) is 13.1 Å². The van der Waals surface area contributed by atoms with E-state index >= 15 is 0 Å². The van der Waals surface area contributed by atoms with Gasteiger partial charge in [-0.1, -0.05) is 6.92 Å². The number of aliphatic carboxylic acids is 1. The van der Waals surface area contributed by atoms with Gasteiger partial charge in [0.2, 0.25) is 0 Å². The molecule has 4 nitrogen and oxygen atoms in total. The van der Waals surface area contributed by atoms with E-state index in [2.05, 4.69) is 0 Å². The Hall–Kier alpha value is -0.610. The third-order valence-corrected chi connectivity index (χ3v) is 2.71. The molecule has 0 aromatic rings. The fourth-order valence-corrected chi connectivity index (χ4v) is 2.09. The first-order chi connectivity index (χ1) is 6.16. The van der Waals surface area contributed by atoms with Gasteiger partial charge in [-0.2, -0.15) is 0 Å². The van der Waals surface area contributed by atoms with Crippen molar-refractivity contribution in [2.45, 2.75) is 25.8 Å². The number of likely N-dealkylation sites (tertiary alicyclic amines) is 1. The van der Waals surface area contributed by atoms with Crippen LogP contribution in [-0.2, 0) is 4.79 Å². The highest BCUT2D eigenvalue weighted by Crippen LogP contribution is 2.22. The second kappa shape index (κ2) is 4.58. The SMILES string of the molecule is CC1CCCN(CCN)C1C(=O)O. The highest BCUT2D eigenvalue weighted by molar-refractivity contribution is 5.74. The van der Waals surface area contributed by atoms with Crippen molar-refractivity contribution in [1.29, 1.82) is 0 Å². The van der Waals surface area contributed by atoms with Crippen molar-refractivity contribution in [3.63, 3.8) is 0 Å². The fraction of sp³-hybridized carbons (Fsp3) is 0.889. The average Bonchev–Trinajstić information content (AvgIpc) is 2.04. The first-order valence-corrected chi connectivity index (χ1v) is 4.83. The van der Waals surface area contributed by atoms with Gasteiger partial charge >= 0.3 is 5.97 Å². The molecule has 1 saturated heterocycles. The lowest BCUT2D eigenvalue weighted by Crippen LogP contribution is -2.50. The van der Waals surface area contributed by atoms with Crippen LogP contribution in [0.3, 0.4) is 0 Å². The summed E-state index contributed by atoms with van der Waals surface area (Å²) in [5, 5.41) is 9.02. The molecule has 1 heterocycles. The van der Waals surface area contributed by atoms with Gasteiger partial charge in [0.1, 0.15) is 6.04 Å². The van der Waals surface area contributed by atoms with Crippen molar-refractivity contribution in [2.24, 2.45) is 11.7 Å². The molecule has 0 bridgehead atoms. The highest BCUT2D eigenvalue weighted by atomic mass is 16.4. The summed E-state index contributed by atoms with van der Waals surface area (Å²) in [7, 11) is 0. The predicted molar refractivity (Wildman–Crippen MR) is 50.4 cm³/mol. The Kier molecular flexibility index (Phi) is 3.69. The van der Waals surface area contributed by atoms with Crippen molar-refractivity contribution in [3.05, 3.63) is 0 Å². The molecule has 0 radical (unpaired) electrons. The van der Waals surface area contributed by atoms with Crippen molar-refractivity contribution in [3.8, 4) is 0 Å². The normalized spacial score (nSPS) is 30.3. The minimum atomic E-state index is -0.708. The van der Waals surface area contributed by atoms with Crippen LogP contribution in [0, 0.1) is 5.92 Å². The van der Waals surface area contributed by atoms with E-state index in [1.54, 1.807) is 0 Å². The molecule has 2 unspecified atom stereocenters. The van der Waals surface area contributed by atoms with Gasteiger partial charge in [0.25, 0.3) is 0 Å². The number of carboxylic acid groups (broad SMARTS) is 1. The Bertz CT molecular complexity index is 182. The molecule has 1 fully saturated rings. The topological polar surface area (TPSA) is 66.6 Å². The van der Waals surface area contributed by atoms with Crippen LogP contribution in [0.5, 0.6) is 0 Å². The predicted octanol–water partition coefficient (Wildman–Crippen LogP) is 0.130. The van der Waals surface area contributed by atoms with Crippen LogP contribution in [-0.4, -0.2) is 41.7 Å². The molecule has 0 aliphatic carbocycles. The van der Waals surface area contributed by atoms with E-state index in [1.165, 1.54) is 0 Å². The smallest absolute Gasteiger partial charge is 0.321 e. The van der Waals surface area contributed by atoms with Gasteiger partial charge in [-0.15, -0.1) is 0 Å². The number of hydrogen-bond donors (Lipinski definition) is 2. The maximum atomic E-state index is 11.0. The number of nitrogens with zero attached hydrogens (tertiary/aromatic N) is 1. The monoisotopic (exact) mass is 186 g/mol. The van der Waals surface area contributed by atoms with Crippen LogP contribution >= 0.6 is 0 Å². The van der Waals surface area contributed by atoms with Crippen LogP contribution in [0.25, 0.3) is 0 Å². The first kappa shape index (κ1) is 10.5. The lowest BCUT2D eigenvalue weighted by Gasteiger charge is -2.36. The van der Waals surface area contributed by atoms with Crippen LogP contribution in [0.4, 0.5) is 0 Å². The third-order valence-electron chi connectivity index (χ3n) is 2.71. The number of hydrogen-bond acceptors (Lipinski definition) is 3. The Balaban J connectivity index is 2.62. The molecule has 1 aliphatic rings. The second-order valence-electron chi connectivity index (χ2n) is 3.73. The molecule has 4 heteroatoms. The van der Waals surface area contributed by atoms with Crippen molar-refractivity contribution < 1.29 is 9.90 Å². The minimum Gasteiger partial charge on any atom is -0.480 e. The van der Waals surface area contributed by atoms with Crippen LogP contribution < -0.4 is 5.73 Å². The van der Waals surface area contributed by atoms with Gasteiger partial charge in [0.05, 0.1) is 0 Å². The van der Waals surface area contributed by atoms with E-state index in [1.807, 2.05) is 11.8 Å². The van der Waals surface area contributed by atoms with E-state index < -0.39 is 5.97 Å². The molecule has 1 aliphatic heterocycles. The summed E-state index contributed by atoms with van der Waals surface area (Å²) in [4.78, 5) is 13.0. The molecule has 13 heavy (non-hydrogen) atoms. The van der Waals surface area contributed by atoms with Crippen molar-refractivity contribution in [1.82, 2.24) is 4.90 Å². The van der Waals surface area contributed by atoms with E-state index in [-0.39, 0.29) is 12.0 Å². The summed E-state index contributed by atoms with van der Waals surface area (Å²) in [6.07, 6.45) is 2.10. The van der Waals surface area contributed by atoms with E-state index in [4.69, 9.17) is 10.8 Å². The van der Waals surface area contributed by atoms with Gasteiger partial charge < -0.3 is 10.8 Å². The zero-order valence-electron chi connectivity index (χ0n) is 8.07. The van der Waals surface area contributed by atoms with Gasteiger partial charge in [-0.3, -0.25) is 9.69 Å². The standard InChI is InChI=1S/C9H18N2O2/c1-7-3-2-5-11(6-4-10)8(7)9(12)13/h7-8H,2-6,10H2,1H3,(H,12,13). The molecule has 3 N–H and O–H groups in total. The molecular formula is C9H18N2O2. The molecule has 0 spiro atoms. The maximum Gasteiger partial charge on any atom is 0.321 e. The second-order valence-corrected chi connectivity index (χ2v) is 3.73. The fourth-order valence-electron chi connectivity index (χ4n) is 2.09. The Labute approximate surface area is 78.7 Å². The summed E-state index contributed by atoms with van der Waals surface area (Å²) in [6.45, 7) is 4.11. The van der Waals surface area contributed by atoms with Crippen molar-refractivity contribution in [2.75, 3.05) is 19.6 Å². The largest absolute Gasteiger partial charge is 0.480 e. The van der Waals surface area contributed by atoms with E-state index in [0.717, 1.165) is 19.4 Å². The number of carboxylic acids is 1. The molecule has 1 rings (SSSR count). The third kappa shape index (κ3) is 2.42. The average molecular weight is 186 g/mol. The minimum absolute atomic E-state index is 0.248. The Morgan fingerprint density at radius 1 is 1.69 bits per heavy atom. The van der Waals surface area contributed by atoms with Crippen LogP contribution in [0.15, 0.2) is 0 Å². The summed E-state index contributed by atoms with van der Waals surface area (Å²) in [6, 6.07) is -0.322. The number of carbonyl (C=O) groups is 1. The first-order valence-electron chi connectivity index (χ1n) is 4.83. The lowest BCUT2D eigenvalue weighted by atomic mass is 9.91. The molecule has 0 amide bonds. The quantitative estimate of drug-likeness (QED) is 0.657. The molecule has 76 valence electrons. The van der Waals surface area contributed by atoms with Gasteiger partial charge in [-0.25, -0.2) is 0 Å². The zero-order valence-corrected chi connectivity index (χ0v) is 8.07. The van der Waals surface area contributed by atoms with Gasteiger partial charge in [0.15, 0.2) is 0 Å². The van der Waals surface area contributed by atoms with Crippen molar-refractivity contribution >= 4 is 5.97 Å². The number of rotatable bonds is 3. The lowest BCUT2D eigenvalue weighted by molar-refractivity contribution is -0.146. The van der Waals surface area contributed by atoms with Crippen LogP contribution in [0.1, 0.15) is 19.8 Å². The number of piperidine rings is 1. The van der Waals surface area contributed by atoms with E-state index in [9.17, 15) is 4.79 Å².